The Morgan fingerprint density at radius 1 is 0.200 bits per heavy atom. The Balaban J connectivity index is 0.960. The lowest BCUT2D eigenvalue weighted by atomic mass is 9.54. The second-order valence-corrected chi connectivity index (χ2v) is 35.7. The molecule has 9 aliphatic carbocycles. The summed E-state index contributed by atoms with van der Waals surface area (Å²) in [4.78, 5) is 0. The van der Waals surface area contributed by atoms with Crippen LogP contribution in [-0.2, 0) is 37.9 Å². The lowest BCUT2D eigenvalue weighted by molar-refractivity contribution is -0.189. The normalized spacial score (nSPS) is 47.0. The van der Waals surface area contributed by atoms with Crippen molar-refractivity contribution in [3.05, 3.63) is 0 Å². The molecular formula is C84H150N8O8. The lowest BCUT2D eigenvalue weighted by Crippen LogP contribution is -2.64. The van der Waals surface area contributed by atoms with E-state index in [1.807, 2.05) is 0 Å². The van der Waals surface area contributed by atoms with Gasteiger partial charge in [-0.05, 0) is 162 Å². The summed E-state index contributed by atoms with van der Waals surface area (Å²) in [5.41, 5.74) is 0. The zero-order chi connectivity index (χ0) is 68.6. The van der Waals surface area contributed by atoms with E-state index in [2.05, 4.69) is 71.3 Å². The molecule has 16 heteroatoms. The maximum Gasteiger partial charge on any atom is 0.0667 e. The number of unbranched alkanes of at least 4 members (excludes halogenated alkanes) is 8. The van der Waals surface area contributed by atoms with E-state index in [0.29, 0.717) is 47.3 Å². The fraction of sp³-hybridized carbons (Fsp3) is 1.00. The molecule has 0 aromatic rings. The van der Waals surface area contributed by atoms with E-state index in [0.717, 1.165) is 167 Å². The number of nitrogens with one attached hydrogen (secondary N) is 8. The summed E-state index contributed by atoms with van der Waals surface area (Å²) < 4.78 is 62.1. The third-order valence-electron chi connectivity index (χ3n) is 30.0. The molecule has 574 valence electrons. The summed E-state index contributed by atoms with van der Waals surface area (Å²) in [5.74, 6) is 6.34. The third-order valence-corrected chi connectivity index (χ3v) is 30.0. The molecule has 9 saturated carbocycles. The summed E-state index contributed by atoms with van der Waals surface area (Å²) in [5, 5.41) is 37.9. The van der Waals surface area contributed by atoms with Crippen molar-refractivity contribution < 1.29 is 37.9 Å². The first-order valence-corrected chi connectivity index (χ1v) is 44.4. The molecule has 0 aromatic heterocycles. The van der Waals surface area contributed by atoms with Crippen LogP contribution in [0.25, 0.3) is 0 Å². The first-order valence-electron chi connectivity index (χ1n) is 44.4. The Morgan fingerprint density at radius 3 is 0.510 bits per heavy atom. The second-order valence-electron chi connectivity index (χ2n) is 35.7. The predicted octanol–water partition coefficient (Wildman–Crippen LogP) is 14.1. The molecule has 16 nitrogen and oxygen atoms in total. The van der Waals surface area contributed by atoms with Crippen molar-refractivity contribution in [2.24, 2.45) is 107 Å². The molecule has 34 atom stereocenters. The molecule has 0 radical (unpaired) electrons. The molecule has 34 unspecified atom stereocenters. The van der Waals surface area contributed by atoms with Gasteiger partial charge in [0.15, 0.2) is 0 Å². The zero-order valence-corrected chi connectivity index (χ0v) is 64.6. The van der Waals surface area contributed by atoms with Gasteiger partial charge < -0.3 is 37.9 Å². The topological polar surface area (TPSA) is 170 Å². The second kappa shape index (κ2) is 36.7. The van der Waals surface area contributed by atoms with Crippen LogP contribution >= 0.6 is 0 Å². The summed E-state index contributed by atoms with van der Waals surface area (Å²) in [6, 6.07) is 0. The van der Waals surface area contributed by atoms with Crippen LogP contribution in [0.15, 0.2) is 0 Å². The van der Waals surface area contributed by atoms with Gasteiger partial charge in [0.2, 0.25) is 0 Å². The molecule has 100 heavy (non-hydrogen) atoms. The van der Waals surface area contributed by atoms with Gasteiger partial charge in [-0.25, -0.2) is 0 Å². The fourth-order valence-corrected chi connectivity index (χ4v) is 25.6. The van der Waals surface area contributed by atoms with Crippen LogP contribution in [0.2, 0.25) is 0 Å². The van der Waals surface area contributed by atoms with E-state index < -0.39 is 0 Å². The first-order chi connectivity index (χ1) is 49.4. The van der Waals surface area contributed by atoms with Crippen molar-refractivity contribution in [3.8, 4) is 0 Å². The van der Waals surface area contributed by atoms with Gasteiger partial charge in [-0.1, -0.05) is 171 Å². The molecule has 14 fully saturated rings. The van der Waals surface area contributed by atoms with Crippen LogP contribution in [0.3, 0.4) is 0 Å². The first kappa shape index (κ1) is 76.1. The van der Waals surface area contributed by atoms with Gasteiger partial charge in [0.05, 0.1) is 98.2 Å². The van der Waals surface area contributed by atoms with E-state index in [1.54, 1.807) is 0 Å². The largest absolute Gasteiger partial charge is 0.378 e. The van der Waals surface area contributed by atoms with Crippen LogP contribution in [0.4, 0.5) is 0 Å². The smallest absolute Gasteiger partial charge is 0.0667 e. The highest BCUT2D eigenvalue weighted by Gasteiger charge is 2.69. The molecule has 0 aromatic carbocycles. The highest BCUT2D eigenvalue weighted by Crippen LogP contribution is 2.60. The van der Waals surface area contributed by atoms with E-state index in [1.165, 1.54) is 116 Å². The summed E-state index contributed by atoms with van der Waals surface area (Å²) in [6.45, 7) is 25.2. The molecule has 8 N–H and O–H groups in total. The Labute approximate surface area is 608 Å². The summed E-state index contributed by atoms with van der Waals surface area (Å²) in [7, 11) is 0. The number of rotatable bonds is 32. The quantitative estimate of drug-likeness (QED) is 0.0299. The minimum Gasteiger partial charge on any atom is -0.378 e. The van der Waals surface area contributed by atoms with Crippen LogP contribution in [0.5, 0.6) is 0 Å². The lowest BCUT2D eigenvalue weighted by Gasteiger charge is -2.56. The SMILES string of the molecule is CCCCOC1C2CCCCC2C(OCCCC)C2C3NC(NC4NC(NC5NC(NC6NC(N3)C3C(OCCCC)C7CCCCC7C(OCCCC)C63)C3C(OCCCC)C6CC7CCCCC7CC6C(OCCCC)C53)C3C(OCCCC)C5CCCCC5C(OCCCC)C43)C12. The van der Waals surface area contributed by atoms with Crippen LogP contribution in [0.1, 0.15) is 274 Å². The highest BCUT2D eigenvalue weighted by molar-refractivity contribution is 5.20. The molecule has 5 saturated heterocycles. The van der Waals surface area contributed by atoms with E-state index >= 15 is 0 Å². The van der Waals surface area contributed by atoms with Crippen LogP contribution < -0.4 is 42.5 Å². The molecular weight excluding hydrogens is 1250 g/mol. The predicted molar refractivity (Wildman–Crippen MR) is 398 cm³/mol. The minimum atomic E-state index is -0.0692. The van der Waals surface area contributed by atoms with Gasteiger partial charge in [-0.2, -0.15) is 0 Å². The van der Waals surface area contributed by atoms with Crippen molar-refractivity contribution in [2.45, 2.75) is 372 Å². The third kappa shape index (κ3) is 15.8. The molecule has 14 rings (SSSR count). The van der Waals surface area contributed by atoms with Crippen LogP contribution in [-0.4, -0.2) is 151 Å². The van der Waals surface area contributed by atoms with Crippen molar-refractivity contribution in [2.75, 3.05) is 52.9 Å². The Morgan fingerprint density at radius 2 is 0.350 bits per heavy atom. The highest BCUT2D eigenvalue weighted by atomic mass is 16.5. The standard InChI is InChI=1S/C84H150N8O8/c1-9-17-41-93-69-53-35-27-28-36-54(53)70(94-42-18-10-2)62-61(69)77-85-78(62)87-80-64-66(74(98-46-22-14-6)58-40-32-30-38-56(58)72(64)96-44-20-12-4)82(89-80)91-84-68-67(75(99-47-23-15-7)59-49-51-33-25-26-34-52(51)50-60(59)76(68)100-48-24-16-8)83(92-84)90-81-65-63(79(86-77)88-81)71(95-43-19-11-3)55-37-29-31-39-57(55)73(65)97-45-21-13-5/h51-92H,9-50H2,1-8H3. The van der Waals surface area contributed by atoms with Gasteiger partial charge in [0.25, 0.3) is 0 Å². The monoisotopic (exact) mass is 1400 g/mol. The number of ether oxygens (including phenoxy) is 8. The van der Waals surface area contributed by atoms with Gasteiger partial charge in [-0.15, -0.1) is 0 Å². The van der Waals surface area contributed by atoms with Crippen molar-refractivity contribution in [1.82, 2.24) is 42.5 Å². The molecule has 5 aliphatic heterocycles. The number of hydrogen-bond donors (Lipinski definition) is 8. The van der Waals surface area contributed by atoms with Crippen LogP contribution in [0, 0.1) is 107 Å². The molecule has 0 spiro atoms. The molecule has 5 heterocycles. The maximum atomic E-state index is 7.86. The Bertz CT molecular complexity index is 2260. The molecule has 8 bridgehead atoms. The zero-order valence-electron chi connectivity index (χ0n) is 64.6. The van der Waals surface area contributed by atoms with Crippen molar-refractivity contribution in [3.63, 3.8) is 0 Å². The Hall–Kier alpha value is -0.640. The maximum absolute atomic E-state index is 7.86. The minimum absolute atomic E-state index is 0.0678. The Kier molecular flexibility index (Phi) is 28.0. The average Bonchev–Trinajstić information content (AvgIpc) is 1.54. The average molecular weight is 1400 g/mol. The number of fused-ring (bicyclic) bond motifs is 25. The van der Waals surface area contributed by atoms with Crippen molar-refractivity contribution >= 4 is 0 Å². The van der Waals surface area contributed by atoms with E-state index in [9.17, 15) is 0 Å². The number of hydrogen-bond acceptors (Lipinski definition) is 16. The summed E-state index contributed by atoms with van der Waals surface area (Å²) >= 11 is 0. The van der Waals surface area contributed by atoms with Gasteiger partial charge >= 0.3 is 0 Å². The summed E-state index contributed by atoms with van der Waals surface area (Å²) in [6.07, 6.45) is 40.8. The van der Waals surface area contributed by atoms with Gasteiger partial charge in [0, 0.05) is 100 Å². The van der Waals surface area contributed by atoms with Crippen molar-refractivity contribution in [1.29, 1.82) is 0 Å². The van der Waals surface area contributed by atoms with Gasteiger partial charge in [0.1, 0.15) is 0 Å². The van der Waals surface area contributed by atoms with Gasteiger partial charge in [-0.3, -0.25) is 42.5 Å². The van der Waals surface area contributed by atoms with E-state index in [4.69, 9.17) is 64.5 Å². The molecule has 14 aliphatic rings. The fourth-order valence-electron chi connectivity index (χ4n) is 25.6. The van der Waals surface area contributed by atoms with E-state index in [-0.39, 0.29) is 146 Å². The molecule has 0 amide bonds.